The molecule has 2 N–H and O–H groups in total. The van der Waals surface area contributed by atoms with Crippen molar-refractivity contribution in [3.05, 3.63) is 52.4 Å². The van der Waals surface area contributed by atoms with E-state index in [1.165, 1.54) is 4.52 Å². The Morgan fingerprint density at radius 3 is 2.48 bits per heavy atom. The molecule has 2 heterocycles. The van der Waals surface area contributed by atoms with Crippen LogP contribution in [-0.4, -0.2) is 19.7 Å². The Bertz CT molecular complexity index is 855. The van der Waals surface area contributed by atoms with Crippen molar-refractivity contribution in [2.75, 3.05) is 0 Å². The highest BCUT2D eigenvalue weighted by atomic mass is 16.3. The topological polar surface area (TPSA) is 70.4 Å². The van der Waals surface area contributed by atoms with Crippen molar-refractivity contribution in [1.29, 1.82) is 0 Å². The van der Waals surface area contributed by atoms with Crippen LogP contribution in [0.3, 0.4) is 0 Å². The fraction of sp³-hybridized carbons (Fsp3) is 0.250. The molecule has 0 aliphatic heterocycles. The highest BCUT2D eigenvalue weighted by molar-refractivity contribution is 5.69. The normalized spacial score (nSPS) is 12.0. The van der Waals surface area contributed by atoms with Gasteiger partial charge in [0.05, 0.1) is 5.69 Å². The Morgan fingerprint density at radius 2 is 1.86 bits per heavy atom. The van der Waals surface area contributed by atoms with Crippen LogP contribution in [0.25, 0.3) is 16.8 Å². The predicted octanol–water partition coefficient (Wildman–Crippen LogP) is 2.69. The van der Waals surface area contributed by atoms with E-state index in [2.05, 4.69) is 10.1 Å². The summed E-state index contributed by atoms with van der Waals surface area (Å²) in [5.74, 6) is -0.143. The number of fused-ring (bicyclic) bond motifs is 1. The summed E-state index contributed by atoms with van der Waals surface area (Å²) in [6, 6.07) is 10.9. The maximum atomic E-state index is 12.3. The number of nitrogens with zero attached hydrogens (tertiary/aromatic N) is 2. The zero-order valence-corrected chi connectivity index (χ0v) is 12.2. The molecule has 0 spiro atoms. The Labute approximate surface area is 121 Å². The van der Waals surface area contributed by atoms with Gasteiger partial charge in [0.1, 0.15) is 11.2 Å². The second kappa shape index (κ2) is 4.48. The van der Waals surface area contributed by atoms with Gasteiger partial charge in [0.15, 0.2) is 0 Å². The van der Waals surface area contributed by atoms with Crippen molar-refractivity contribution in [3.8, 4) is 17.0 Å². The summed E-state index contributed by atoms with van der Waals surface area (Å²) in [6.45, 7) is 6.09. The molecule has 0 unspecified atom stereocenters. The molecule has 5 heteroatoms. The summed E-state index contributed by atoms with van der Waals surface area (Å²) >= 11 is 0. The smallest absolute Gasteiger partial charge is 0.262 e. The van der Waals surface area contributed by atoms with E-state index in [0.29, 0.717) is 11.2 Å². The van der Waals surface area contributed by atoms with Gasteiger partial charge in [-0.15, -0.1) is 0 Å². The number of rotatable bonds is 1. The van der Waals surface area contributed by atoms with Crippen LogP contribution in [0.15, 0.2) is 41.2 Å². The largest absolute Gasteiger partial charge is 0.493 e. The first-order valence-corrected chi connectivity index (χ1v) is 6.79. The number of nitrogens with one attached hydrogen (secondary N) is 1. The van der Waals surface area contributed by atoms with Gasteiger partial charge in [-0.05, 0) is 5.56 Å². The van der Waals surface area contributed by atoms with E-state index in [0.717, 1.165) is 5.69 Å². The van der Waals surface area contributed by atoms with E-state index < -0.39 is 0 Å². The summed E-state index contributed by atoms with van der Waals surface area (Å²) in [7, 11) is 0. The van der Waals surface area contributed by atoms with Gasteiger partial charge in [-0.1, -0.05) is 51.1 Å². The van der Waals surface area contributed by atoms with Gasteiger partial charge in [0, 0.05) is 11.5 Å². The van der Waals surface area contributed by atoms with Crippen molar-refractivity contribution >= 4 is 5.65 Å². The van der Waals surface area contributed by atoms with E-state index in [4.69, 9.17) is 0 Å². The summed E-state index contributed by atoms with van der Waals surface area (Å²) in [5, 5.41) is 14.9. The lowest BCUT2D eigenvalue weighted by Crippen LogP contribution is -2.13. The molecule has 0 fully saturated rings. The van der Waals surface area contributed by atoms with Crippen LogP contribution in [-0.2, 0) is 5.41 Å². The second-order valence-corrected chi connectivity index (χ2v) is 6.10. The molecule has 3 aromatic rings. The molecule has 0 saturated carbocycles. The second-order valence-electron chi connectivity index (χ2n) is 6.10. The number of hydrogen-bond donors (Lipinski definition) is 2. The van der Waals surface area contributed by atoms with Gasteiger partial charge < -0.3 is 10.1 Å². The summed E-state index contributed by atoms with van der Waals surface area (Å²) in [4.78, 5) is 15.0. The van der Waals surface area contributed by atoms with Gasteiger partial charge >= 0.3 is 0 Å². The molecule has 0 atom stereocenters. The van der Waals surface area contributed by atoms with Crippen LogP contribution < -0.4 is 5.56 Å². The maximum Gasteiger partial charge on any atom is 0.262 e. The Kier molecular flexibility index (Phi) is 2.86. The Morgan fingerprint density at radius 1 is 1.19 bits per heavy atom. The molecule has 0 aliphatic rings. The van der Waals surface area contributed by atoms with E-state index in [9.17, 15) is 9.90 Å². The number of aromatic nitrogens is 3. The summed E-state index contributed by atoms with van der Waals surface area (Å²) in [6.07, 6.45) is 0. The molecule has 0 radical (unpaired) electrons. The van der Waals surface area contributed by atoms with Crippen molar-refractivity contribution in [2.24, 2.45) is 0 Å². The molecular formula is C16H17N3O2. The third kappa shape index (κ3) is 2.20. The highest BCUT2D eigenvalue weighted by Gasteiger charge is 2.21. The fourth-order valence-electron chi connectivity index (χ4n) is 2.25. The Balaban J connectivity index is 2.31. The van der Waals surface area contributed by atoms with Crippen LogP contribution in [0.1, 0.15) is 26.5 Å². The number of H-pyrrole nitrogens is 1. The van der Waals surface area contributed by atoms with Crippen molar-refractivity contribution in [2.45, 2.75) is 26.2 Å². The zero-order chi connectivity index (χ0) is 15.2. The predicted molar refractivity (Wildman–Crippen MR) is 81.6 cm³/mol. The van der Waals surface area contributed by atoms with Gasteiger partial charge in [0.25, 0.3) is 5.56 Å². The van der Waals surface area contributed by atoms with Gasteiger partial charge in [-0.25, -0.2) is 0 Å². The van der Waals surface area contributed by atoms with Crippen LogP contribution in [0.5, 0.6) is 5.88 Å². The standard InChI is InChI=1S/C16H17N3O2/c1-16(2,3)11-9-12-17-14(20)13(15(21)19(12)18-11)10-7-5-4-6-8-10/h4-9,21H,1-3H3,(H,17,20). The molecule has 1 aromatic carbocycles. The third-order valence-electron chi connectivity index (χ3n) is 3.43. The Hall–Kier alpha value is -2.56. The van der Waals surface area contributed by atoms with E-state index >= 15 is 0 Å². The number of hydrogen-bond acceptors (Lipinski definition) is 3. The molecule has 21 heavy (non-hydrogen) atoms. The lowest BCUT2D eigenvalue weighted by Gasteiger charge is -2.13. The third-order valence-corrected chi connectivity index (χ3v) is 3.43. The molecule has 5 nitrogen and oxygen atoms in total. The minimum atomic E-state index is -0.327. The average molecular weight is 283 g/mol. The van der Waals surface area contributed by atoms with Gasteiger partial charge in [0.2, 0.25) is 5.88 Å². The van der Waals surface area contributed by atoms with E-state index in [-0.39, 0.29) is 22.4 Å². The highest BCUT2D eigenvalue weighted by Crippen LogP contribution is 2.28. The minimum Gasteiger partial charge on any atom is -0.493 e. The first-order valence-electron chi connectivity index (χ1n) is 6.79. The number of benzene rings is 1. The van der Waals surface area contributed by atoms with Gasteiger partial charge in [-0.3, -0.25) is 4.79 Å². The van der Waals surface area contributed by atoms with E-state index in [1.807, 2.05) is 39.0 Å². The van der Waals surface area contributed by atoms with E-state index in [1.54, 1.807) is 18.2 Å². The quantitative estimate of drug-likeness (QED) is 0.721. The molecule has 0 aliphatic carbocycles. The average Bonchev–Trinajstić information content (AvgIpc) is 2.84. The molecule has 108 valence electrons. The monoisotopic (exact) mass is 283 g/mol. The zero-order valence-electron chi connectivity index (χ0n) is 12.2. The minimum absolute atomic E-state index is 0.143. The van der Waals surface area contributed by atoms with Crippen LogP contribution >= 0.6 is 0 Å². The number of aromatic hydroxyl groups is 1. The van der Waals surface area contributed by atoms with Crippen molar-refractivity contribution in [3.63, 3.8) is 0 Å². The first-order chi connectivity index (χ1) is 9.88. The molecule has 0 saturated heterocycles. The lowest BCUT2D eigenvalue weighted by molar-refractivity contribution is 0.433. The SMILES string of the molecule is CC(C)(C)c1cc2[nH]c(=O)c(-c3ccccc3)c(O)n2n1. The maximum absolute atomic E-state index is 12.3. The summed E-state index contributed by atoms with van der Waals surface area (Å²) < 4.78 is 1.38. The molecule has 0 amide bonds. The van der Waals surface area contributed by atoms with Crippen molar-refractivity contribution in [1.82, 2.24) is 14.6 Å². The van der Waals surface area contributed by atoms with Gasteiger partial charge in [-0.2, -0.15) is 9.61 Å². The fourth-order valence-corrected chi connectivity index (χ4v) is 2.25. The molecule has 0 bridgehead atoms. The number of aromatic amines is 1. The molecular weight excluding hydrogens is 266 g/mol. The first kappa shape index (κ1) is 13.4. The summed E-state index contributed by atoms with van der Waals surface area (Å²) in [5.41, 5.74) is 1.69. The molecule has 3 rings (SSSR count). The van der Waals surface area contributed by atoms with Crippen molar-refractivity contribution < 1.29 is 5.11 Å². The van der Waals surface area contributed by atoms with Crippen LogP contribution in [0.2, 0.25) is 0 Å². The molecule has 2 aromatic heterocycles. The van der Waals surface area contributed by atoms with Crippen LogP contribution in [0, 0.1) is 0 Å². The lowest BCUT2D eigenvalue weighted by atomic mass is 9.93. The van der Waals surface area contributed by atoms with Crippen LogP contribution in [0.4, 0.5) is 0 Å².